The van der Waals surface area contributed by atoms with Crippen LogP contribution in [-0.4, -0.2) is 0 Å². The molecule has 0 spiro atoms. The van der Waals surface area contributed by atoms with Gasteiger partial charge in [0.15, 0.2) is 0 Å². The van der Waals surface area contributed by atoms with Crippen LogP contribution in [0, 0.1) is 5.82 Å². The second-order valence-electron chi connectivity index (χ2n) is 2.35. The zero-order chi connectivity index (χ0) is 8.72. The summed E-state index contributed by atoms with van der Waals surface area (Å²) in [6.45, 7) is 0. The summed E-state index contributed by atoms with van der Waals surface area (Å²) in [7, 11) is 0. The lowest BCUT2D eigenvalue weighted by Crippen LogP contribution is -1.73. The average Bonchev–Trinajstić information content (AvgIpc) is 2.30. The van der Waals surface area contributed by atoms with E-state index in [0.29, 0.717) is 4.47 Å². The maximum atomic E-state index is 13.0. The van der Waals surface area contributed by atoms with Gasteiger partial charge < -0.3 is 0 Å². The molecule has 1 aromatic carbocycles. The number of benzene rings is 1. The Labute approximate surface area is 89.7 Å². The van der Waals surface area contributed by atoms with Crippen molar-refractivity contribution in [3.63, 3.8) is 0 Å². The Bertz CT molecular complexity index is 397. The van der Waals surface area contributed by atoms with Crippen LogP contribution in [0.3, 0.4) is 0 Å². The third kappa shape index (κ3) is 1.43. The number of hydrogen-bond donors (Lipinski definition) is 0. The highest BCUT2D eigenvalue weighted by molar-refractivity contribution is 9.11. The fourth-order valence-corrected chi connectivity index (χ4v) is 3.08. The Morgan fingerprint density at radius 2 is 1.92 bits per heavy atom. The number of thiophene rings is 1. The molecule has 0 aliphatic rings. The van der Waals surface area contributed by atoms with Gasteiger partial charge in [0, 0.05) is 4.70 Å². The third-order valence-corrected chi connectivity index (χ3v) is 3.74. The smallest absolute Gasteiger partial charge is 0.138 e. The minimum atomic E-state index is -0.215. The van der Waals surface area contributed by atoms with E-state index in [1.54, 1.807) is 17.4 Å². The molecule has 0 saturated heterocycles. The van der Waals surface area contributed by atoms with Gasteiger partial charge in [0.05, 0.1) is 8.26 Å². The lowest BCUT2D eigenvalue weighted by molar-refractivity contribution is 0.623. The van der Waals surface area contributed by atoms with E-state index in [1.165, 1.54) is 6.07 Å². The van der Waals surface area contributed by atoms with Gasteiger partial charge in [-0.15, -0.1) is 11.3 Å². The Balaban J connectivity index is 2.83. The predicted molar refractivity (Wildman–Crippen MR) is 57.2 cm³/mol. The first-order valence-corrected chi connectivity index (χ1v) is 5.61. The first-order chi connectivity index (χ1) is 5.66. The molecular formula is C8H3Br2FS. The summed E-state index contributed by atoms with van der Waals surface area (Å²) in [5.41, 5.74) is 0. The van der Waals surface area contributed by atoms with Gasteiger partial charge >= 0.3 is 0 Å². The highest BCUT2D eigenvalue weighted by Gasteiger charge is 2.04. The minimum Gasteiger partial charge on any atom is -0.206 e. The molecule has 0 N–H and O–H groups in total. The molecule has 1 heterocycles. The number of fused-ring (bicyclic) bond motifs is 1. The molecule has 0 radical (unpaired) electrons. The Morgan fingerprint density at radius 1 is 1.17 bits per heavy atom. The third-order valence-electron chi connectivity index (χ3n) is 1.53. The number of hydrogen-bond acceptors (Lipinski definition) is 1. The summed E-state index contributed by atoms with van der Waals surface area (Å²) in [4.78, 5) is 0. The van der Waals surface area contributed by atoms with Gasteiger partial charge in [-0.25, -0.2) is 4.39 Å². The van der Waals surface area contributed by atoms with E-state index >= 15 is 0 Å². The highest BCUT2D eigenvalue weighted by Crippen LogP contribution is 2.32. The van der Waals surface area contributed by atoms with E-state index in [1.807, 2.05) is 6.07 Å². The first-order valence-electron chi connectivity index (χ1n) is 3.21. The molecule has 0 aliphatic carbocycles. The summed E-state index contributed by atoms with van der Waals surface area (Å²) in [6.07, 6.45) is 0. The van der Waals surface area contributed by atoms with Crippen molar-refractivity contribution in [2.45, 2.75) is 0 Å². The van der Waals surface area contributed by atoms with Crippen LogP contribution >= 0.6 is 43.2 Å². The summed E-state index contributed by atoms with van der Waals surface area (Å²) >= 11 is 8.09. The SMILES string of the molecule is Fc1cc2cc(Br)sc2cc1Br. The van der Waals surface area contributed by atoms with Crippen molar-refractivity contribution in [2.75, 3.05) is 0 Å². The molecule has 0 bridgehead atoms. The van der Waals surface area contributed by atoms with Crippen molar-refractivity contribution in [3.05, 3.63) is 32.3 Å². The highest BCUT2D eigenvalue weighted by atomic mass is 79.9. The molecule has 0 amide bonds. The zero-order valence-corrected chi connectivity index (χ0v) is 9.76. The zero-order valence-electron chi connectivity index (χ0n) is 5.77. The average molecular weight is 310 g/mol. The van der Waals surface area contributed by atoms with E-state index < -0.39 is 0 Å². The topological polar surface area (TPSA) is 0 Å². The van der Waals surface area contributed by atoms with Gasteiger partial charge in [-0.1, -0.05) is 0 Å². The Hall–Kier alpha value is 0.0700. The summed E-state index contributed by atoms with van der Waals surface area (Å²) in [5, 5.41) is 0.938. The minimum absolute atomic E-state index is 0.215. The molecular weight excluding hydrogens is 307 g/mol. The molecule has 0 saturated carbocycles. The lowest BCUT2D eigenvalue weighted by Gasteiger charge is -1.92. The van der Waals surface area contributed by atoms with Gasteiger partial charge in [-0.2, -0.15) is 0 Å². The van der Waals surface area contributed by atoms with Crippen molar-refractivity contribution in [1.29, 1.82) is 0 Å². The summed E-state index contributed by atoms with van der Waals surface area (Å²) in [5.74, 6) is -0.215. The van der Waals surface area contributed by atoms with E-state index in [4.69, 9.17) is 0 Å². The fraction of sp³-hybridized carbons (Fsp3) is 0. The van der Waals surface area contributed by atoms with Crippen molar-refractivity contribution < 1.29 is 4.39 Å². The van der Waals surface area contributed by atoms with E-state index in [9.17, 15) is 4.39 Å². The molecule has 0 atom stereocenters. The molecule has 1 aromatic heterocycles. The van der Waals surface area contributed by atoms with E-state index in [-0.39, 0.29) is 5.82 Å². The monoisotopic (exact) mass is 308 g/mol. The quantitative estimate of drug-likeness (QED) is 0.669. The maximum Gasteiger partial charge on any atom is 0.138 e. The fourth-order valence-electron chi connectivity index (χ4n) is 1.00. The lowest BCUT2D eigenvalue weighted by atomic mass is 10.3. The second kappa shape index (κ2) is 3.09. The van der Waals surface area contributed by atoms with Crippen LogP contribution in [-0.2, 0) is 0 Å². The molecule has 4 heteroatoms. The Morgan fingerprint density at radius 3 is 2.67 bits per heavy atom. The number of halogens is 3. The van der Waals surface area contributed by atoms with Gasteiger partial charge in [-0.05, 0) is 55.4 Å². The Kier molecular flexibility index (Phi) is 2.23. The van der Waals surface area contributed by atoms with E-state index in [0.717, 1.165) is 13.9 Å². The first kappa shape index (κ1) is 8.66. The van der Waals surface area contributed by atoms with Crippen LogP contribution in [0.4, 0.5) is 4.39 Å². The molecule has 0 unspecified atom stereocenters. The molecule has 0 aliphatic heterocycles. The van der Waals surface area contributed by atoms with E-state index in [2.05, 4.69) is 31.9 Å². The van der Waals surface area contributed by atoms with Gasteiger partial charge in [0.2, 0.25) is 0 Å². The molecule has 62 valence electrons. The second-order valence-corrected chi connectivity index (χ2v) is 5.67. The molecule has 2 aromatic rings. The maximum absolute atomic E-state index is 13.0. The van der Waals surface area contributed by atoms with Crippen LogP contribution in [0.1, 0.15) is 0 Å². The van der Waals surface area contributed by atoms with Crippen LogP contribution in [0.25, 0.3) is 10.1 Å². The molecule has 0 fully saturated rings. The van der Waals surface area contributed by atoms with Crippen molar-refractivity contribution in [2.24, 2.45) is 0 Å². The van der Waals surface area contributed by atoms with Crippen molar-refractivity contribution in [3.8, 4) is 0 Å². The van der Waals surface area contributed by atoms with Crippen LogP contribution in [0.5, 0.6) is 0 Å². The van der Waals surface area contributed by atoms with Gasteiger partial charge in [-0.3, -0.25) is 0 Å². The summed E-state index contributed by atoms with van der Waals surface area (Å²) < 4.78 is 15.6. The number of rotatable bonds is 0. The molecule has 0 nitrogen and oxygen atoms in total. The molecule has 2 rings (SSSR count). The predicted octanol–water partition coefficient (Wildman–Crippen LogP) is 4.57. The van der Waals surface area contributed by atoms with Gasteiger partial charge in [0.25, 0.3) is 0 Å². The summed E-state index contributed by atoms with van der Waals surface area (Å²) in [6, 6.07) is 5.23. The largest absolute Gasteiger partial charge is 0.206 e. The van der Waals surface area contributed by atoms with Crippen LogP contribution in [0.2, 0.25) is 0 Å². The van der Waals surface area contributed by atoms with Crippen molar-refractivity contribution in [1.82, 2.24) is 0 Å². The van der Waals surface area contributed by atoms with Crippen LogP contribution < -0.4 is 0 Å². The van der Waals surface area contributed by atoms with Gasteiger partial charge in [0.1, 0.15) is 5.82 Å². The normalized spacial score (nSPS) is 10.9. The van der Waals surface area contributed by atoms with Crippen molar-refractivity contribution >= 4 is 53.3 Å². The van der Waals surface area contributed by atoms with Crippen LogP contribution in [0.15, 0.2) is 26.5 Å². The standard InChI is InChI=1S/C8H3Br2FS/c9-5-3-7-4(1-6(5)11)2-8(10)12-7/h1-3H. The molecule has 12 heavy (non-hydrogen) atoms.